The molecule has 2 atom stereocenters. The Hall–Kier alpha value is -1.55. The lowest BCUT2D eigenvalue weighted by Crippen LogP contribution is -2.41. The van der Waals surface area contributed by atoms with Crippen LogP contribution in [0.15, 0.2) is 24.3 Å². The summed E-state index contributed by atoms with van der Waals surface area (Å²) in [6.07, 6.45) is 2.01. The van der Waals surface area contributed by atoms with Crippen LogP contribution in [0.4, 0.5) is 0 Å². The molecule has 1 amide bonds. The standard InChI is InChI=1S/C14H20N2O2/c1-10(11-5-7-12(18-2)8-6-11)16-14(17)13-4-3-9-15-13/h5-8,10,13,15H,3-4,9H2,1-2H3,(H,16,17)/t10-,13-/m0/s1. The van der Waals surface area contributed by atoms with Crippen molar-refractivity contribution in [1.29, 1.82) is 0 Å². The molecule has 4 nitrogen and oxygen atoms in total. The molecule has 18 heavy (non-hydrogen) atoms. The molecule has 2 rings (SSSR count). The number of amides is 1. The van der Waals surface area contributed by atoms with Gasteiger partial charge in [-0.25, -0.2) is 0 Å². The van der Waals surface area contributed by atoms with E-state index in [1.165, 1.54) is 0 Å². The van der Waals surface area contributed by atoms with Crippen LogP contribution in [0.1, 0.15) is 31.4 Å². The van der Waals surface area contributed by atoms with Gasteiger partial charge in [0.25, 0.3) is 0 Å². The van der Waals surface area contributed by atoms with Crippen LogP contribution in [-0.2, 0) is 4.79 Å². The van der Waals surface area contributed by atoms with Crippen LogP contribution in [0.3, 0.4) is 0 Å². The molecule has 1 heterocycles. The van der Waals surface area contributed by atoms with Crippen molar-refractivity contribution in [2.24, 2.45) is 0 Å². The summed E-state index contributed by atoms with van der Waals surface area (Å²) < 4.78 is 5.11. The van der Waals surface area contributed by atoms with Crippen LogP contribution in [0, 0.1) is 0 Å². The van der Waals surface area contributed by atoms with E-state index in [4.69, 9.17) is 4.74 Å². The summed E-state index contributed by atoms with van der Waals surface area (Å²) in [5, 5.41) is 6.23. The van der Waals surface area contributed by atoms with Crippen LogP contribution in [-0.4, -0.2) is 25.6 Å². The topological polar surface area (TPSA) is 50.4 Å². The van der Waals surface area contributed by atoms with E-state index in [0.717, 1.165) is 30.7 Å². The lowest BCUT2D eigenvalue weighted by Gasteiger charge is -2.17. The Morgan fingerprint density at radius 2 is 2.17 bits per heavy atom. The zero-order chi connectivity index (χ0) is 13.0. The van der Waals surface area contributed by atoms with E-state index in [0.29, 0.717) is 0 Å². The van der Waals surface area contributed by atoms with E-state index >= 15 is 0 Å². The van der Waals surface area contributed by atoms with Crippen molar-refractivity contribution < 1.29 is 9.53 Å². The second kappa shape index (κ2) is 5.87. The van der Waals surface area contributed by atoms with Gasteiger partial charge in [-0.05, 0) is 44.0 Å². The van der Waals surface area contributed by atoms with Crippen molar-refractivity contribution in [3.05, 3.63) is 29.8 Å². The summed E-state index contributed by atoms with van der Waals surface area (Å²) in [6, 6.07) is 7.77. The summed E-state index contributed by atoms with van der Waals surface area (Å²) in [6.45, 7) is 2.93. The van der Waals surface area contributed by atoms with E-state index in [-0.39, 0.29) is 18.0 Å². The summed E-state index contributed by atoms with van der Waals surface area (Å²) in [5.41, 5.74) is 1.09. The average molecular weight is 248 g/mol. The molecule has 98 valence electrons. The van der Waals surface area contributed by atoms with Crippen molar-refractivity contribution >= 4 is 5.91 Å². The third kappa shape index (κ3) is 3.01. The maximum absolute atomic E-state index is 12.0. The number of benzene rings is 1. The highest BCUT2D eigenvalue weighted by Gasteiger charge is 2.23. The third-order valence-electron chi connectivity index (χ3n) is 3.35. The second-order valence-electron chi connectivity index (χ2n) is 4.65. The first kappa shape index (κ1) is 12.9. The predicted molar refractivity (Wildman–Crippen MR) is 70.6 cm³/mol. The maximum Gasteiger partial charge on any atom is 0.237 e. The molecule has 0 bridgehead atoms. The van der Waals surface area contributed by atoms with Gasteiger partial charge in [-0.1, -0.05) is 12.1 Å². The maximum atomic E-state index is 12.0. The molecule has 1 aliphatic rings. The minimum absolute atomic E-state index is 0.0193. The van der Waals surface area contributed by atoms with E-state index in [1.54, 1.807) is 7.11 Å². The number of rotatable bonds is 4. The van der Waals surface area contributed by atoms with Crippen LogP contribution < -0.4 is 15.4 Å². The van der Waals surface area contributed by atoms with Gasteiger partial charge in [-0.15, -0.1) is 0 Å². The lowest BCUT2D eigenvalue weighted by atomic mass is 10.1. The van der Waals surface area contributed by atoms with Gasteiger partial charge in [0.2, 0.25) is 5.91 Å². The van der Waals surface area contributed by atoms with Gasteiger partial charge in [0.05, 0.1) is 19.2 Å². The number of methoxy groups -OCH3 is 1. The second-order valence-corrected chi connectivity index (χ2v) is 4.65. The fourth-order valence-corrected chi connectivity index (χ4v) is 2.20. The highest BCUT2D eigenvalue weighted by Crippen LogP contribution is 2.17. The van der Waals surface area contributed by atoms with Gasteiger partial charge in [0, 0.05) is 0 Å². The lowest BCUT2D eigenvalue weighted by molar-refractivity contribution is -0.123. The molecule has 0 spiro atoms. The first-order chi connectivity index (χ1) is 8.70. The Labute approximate surface area is 108 Å². The van der Waals surface area contributed by atoms with Crippen LogP contribution in [0.5, 0.6) is 5.75 Å². The van der Waals surface area contributed by atoms with Crippen LogP contribution >= 0.6 is 0 Å². The highest BCUT2D eigenvalue weighted by atomic mass is 16.5. The molecule has 0 radical (unpaired) electrons. The highest BCUT2D eigenvalue weighted by molar-refractivity contribution is 5.82. The van der Waals surface area contributed by atoms with Gasteiger partial charge in [0.1, 0.15) is 5.75 Å². The number of carbonyl (C=O) groups excluding carboxylic acids is 1. The van der Waals surface area contributed by atoms with E-state index in [2.05, 4.69) is 10.6 Å². The molecule has 4 heteroatoms. The number of carbonyl (C=O) groups is 1. The number of ether oxygens (including phenoxy) is 1. The number of hydrogen-bond acceptors (Lipinski definition) is 3. The van der Waals surface area contributed by atoms with Crippen molar-refractivity contribution in [2.75, 3.05) is 13.7 Å². The number of nitrogens with one attached hydrogen (secondary N) is 2. The Morgan fingerprint density at radius 1 is 1.44 bits per heavy atom. The molecule has 1 aromatic carbocycles. The Balaban J connectivity index is 1.93. The molecule has 2 N–H and O–H groups in total. The molecule has 0 aliphatic carbocycles. The quantitative estimate of drug-likeness (QED) is 0.851. The largest absolute Gasteiger partial charge is 0.497 e. The summed E-state index contributed by atoms with van der Waals surface area (Å²) in [4.78, 5) is 12.0. The molecule has 0 unspecified atom stereocenters. The van der Waals surface area contributed by atoms with Gasteiger partial charge in [-0.2, -0.15) is 0 Å². The first-order valence-electron chi connectivity index (χ1n) is 6.38. The Kier molecular flexibility index (Phi) is 4.20. The molecule has 1 saturated heterocycles. The summed E-state index contributed by atoms with van der Waals surface area (Å²) in [7, 11) is 1.64. The minimum atomic E-state index is -0.0225. The molecule has 1 aromatic rings. The zero-order valence-corrected chi connectivity index (χ0v) is 10.9. The smallest absolute Gasteiger partial charge is 0.237 e. The van der Waals surface area contributed by atoms with Gasteiger partial charge >= 0.3 is 0 Å². The minimum Gasteiger partial charge on any atom is -0.497 e. The molecule has 0 aromatic heterocycles. The van der Waals surface area contributed by atoms with Gasteiger partial charge in [0.15, 0.2) is 0 Å². The van der Waals surface area contributed by atoms with E-state index in [1.807, 2.05) is 31.2 Å². The molecular weight excluding hydrogens is 228 g/mol. The van der Waals surface area contributed by atoms with Crippen LogP contribution in [0.2, 0.25) is 0 Å². The third-order valence-corrected chi connectivity index (χ3v) is 3.35. The fourth-order valence-electron chi connectivity index (χ4n) is 2.20. The SMILES string of the molecule is COc1ccc([C@H](C)NC(=O)[C@@H]2CCCN2)cc1. The number of hydrogen-bond donors (Lipinski definition) is 2. The molecule has 1 fully saturated rings. The molecule has 0 saturated carbocycles. The zero-order valence-electron chi connectivity index (χ0n) is 10.9. The Morgan fingerprint density at radius 3 is 2.72 bits per heavy atom. The van der Waals surface area contributed by atoms with E-state index in [9.17, 15) is 4.79 Å². The summed E-state index contributed by atoms with van der Waals surface area (Å²) >= 11 is 0. The van der Waals surface area contributed by atoms with Crippen molar-refractivity contribution in [1.82, 2.24) is 10.6 Å². The monoisotopic (exact) mass is 248 g/mol. The molecule has 1 aliphatic heterocycles. The van der Waals surface area contributed by atoms with Crippen molar-refractivity contribution in [3.8, 4) is 5.75 Å². The normalized spacial score (nSPS) is 20.4. The van der Waals surface area contributed by atoms with Gasteiger partial charge in [-0.3, -0.25) is 4.79 Å². The van der Waals surface area contributed by atoms with Crippen LogP contribution in [0.25, 0.3) is 0 Å². The van der Waals surface area contributed by atoms with Gasteiger partial charge < -0.3 is 15.4 Å². The fraction of sp³-hybridized carbons (Fsp3) is 0.500. The summed E-state index contributed by atoms with van der Waals surface area (Å²) in [5.74, 6) is 0.922. The average Bonchev–Trinajstić information content (AvgIpc) is 2.92. The van der Waals surface area contributed by atoms with E-state index < -0.39 is 0 Å². The first-order valence-corrected chi connectivity index (χ1v) is 6.38. The van der Waals surface area contributed by atoms with Crippen molar-refractivity contribution in [3.63, 3.8) is 0 Å². The Bertz CT molecular complexity index is 397. The predicted octanol–water partition coefficient (Wildman–Crippen LogP) is 1.62. The van der Waals surface area contributed by atoms with Crippen molar-refractivity contribution in [2.45, 2.75) is 31.8 Å². The molecular formula is C14H20N2O2.